The van der Waals surface area contributed by atoms with Crippen LogP contribution in [0.3, 0.4) is 0 Å². The van der Waals surface area contributed by atoms with Crippen molar-refractivity contribution < 1.29 is 249 Å². The molecule has 0 rings (SSSR count). The summed E-state index contributed by atoms with van der Waals surface area (Å²) in [7, 11) is 0. The topological polar surface area (TPSA) is 378 Å². The van der Waals surface area contributed by atoms with Crippen LogP contribution in [0.2, 0.25) is 0 Å². The Balaban J connectivity index is 0. The predicted octanol–water partition coefficient (Wildman–Crippen LogP) is -9.91. The Labute approximate surface area is 244 Å². The minimum Gasteiger partial charge on any atom is -0.412 e. The smallest absolute Gasteiger partial charge is 0 e. The van der Waals surface area contributed by atoms with Gasteiger partial charge in [-0.1, -0.05) is 0 Å². The Bertz CT molecular complexity index is 18.0. The van der Waals surface area contributed by atoms with Crippen LogP contribution in [0.1, 0.15) is 0 Å². The van der Waals surface area contributed by atoms with Crippen molar-refractivity contribution in [1.82, 2.24) is 0 Å². The van der Waals surface area contributed by atoms with E-state index in [0.29, 0.717) is 0 Å². The molecule has 0 aliphatic rings. The van der Waals surface area contributed by atoms with Crippen LogP contribution < -0.4 is 0 Å². The molecule has 0 aromatic heterocycles. The van der Waals surface area contributed by atoms with E-state index in [-0.39, 0.29) is 249 Å². The molecule has 0 aromatic rings. The number of rotatable bonds is 0. The molecule has 124 valence electrons. The van der Waals surface area contributed by atoms with Crippen molar-refractivity contribution in [3.8, 4) is 0 Å². The molecular formula is H24O12Zr7. The third-order valence-corrected chi connectivity index (χ3v) is 0. The van der Waals surface area contributed by atoms with Crippen molar-refractivity contribution in [2.45, 2.75) is 0 Å². The monoisotopic (exact) mass is 845 g/mol. The first-order valence-electron chi connectivity index (χ1n) is 0. The average molecular weight is 855 g/mol. The minimum atomic E-state index is 0. The minimum absolute atomic E-state index is 0. The Morgan fingerprint density at radius 3 is 0.105 bits per heavy atom. The second kappa shape index (κ2) is 376. The Morgan fingerprint density at radius 1 is 0.105 bits per heavy atom. The Kier molecular flexibility index (Phi) is 8440. The molecule has 0 bridgehead atoms. The molecule has 0 fully saturated rings. The zero-order valence-electron chi connectivity index (χ0n) is 9.50. The first-order valence-corrected chi connectivity index (χ1v) is 0. The summed E-state index contributed by atoms with van der Waals surface area (Å²) in [5, 5.41) is 0. The zero-order valence-corrected chi connectivity index (χ0v) is 26.7. The maximum Gasteiger partial charge on any atom is 0 e. The molecule has 19 heteroatoms. The second-order valence-corrected chi connectivity index (χ2v) is 0. The van der Waals surface area contributed by atoms with E-state index in [1.165, 1.54) is 0 Å². The molecule has 0 aromatic carbocycles. The third kappa shape index (κ3) is 343. The molecule has 0 aliphatic heterocycles. The maximum absolute atomic E-state index is 0. The number of hydrogen-bond donors (Lipinski definition) is 0. The van der Waals surface area contributed by atoms with Crippen LogP contribution in [0.25, 0.3) is 0 Å². The van der Waals surface area contributed by atoms with Crippen LogP contribution in [0.4, 0.5) is 0 Å². The Morgan fingerprint density at radius 2 is 0.105 bits per heavy atom. The second-order valence-electron chi connectivity index (χ2n) is 0. The largest absolute Gasteiger partial charge is 0.412 e. The molecule has 24 N–H and O–H groups in total. The van der Waals surface area contributed by atoms with E-state index in [0.717, 1.165) is 0 Å². The van der Waals surface area contributed by atoms with Gasteiger partial charge in [0, 0.05) is 183 Å². The van der Waals surface area contributed by atoms with Crippen molar-refractivity contribution in [3.05, 3.63) is 0 Å². The molecule has 0 heterocycles. The van der Waals surface area contributed by atoms with E-state index in [2.05, 4.69) is 0 Å². The molecule has 0 radical (unpaired) electrons. The van der Waals surface area contributed by atoms with Crippen molar-refractivity contribution in [3.63, 3.8) is 0 Å². The molecular weight excluding hydrogens is 831 g/mol. The van der Waals surface area contributed by atoms with Gasteiger partial charge in [0.05, 0.1) is 0 Å². The summed E-state index contributed by atoms with van der Waals surface area (Å²) in [6, 6.07) is 0. The summed E-state index contributed by atoms with van der Waals surface area (Å²) in [6.07, 6.45) is 0. The fraction of sp³-hybridized carbons (Fsp3) is 0. The summed E-state index contributed by atoms with van der Waals surface area (Å²) in [6.45, 7) is 0. The van der Waals surface area contributed by atoms with Gasteiger partial charge in [0.2, 0.25) is 0 Å². The molecule has 0 spiro atoms. The van der Waals surface area contributed by atoms with Crippen LogP contribution >= 0.6 is 0 Å². The van der Waals surface area contributed by atoms with E-state index < -0.39 is 0 Å². The van der Waals surface area contributed by atoms with Gasteiger partial charge < -0.3 is 65.7 Å². The molecule has 0 saturated carbocycles. The van der Waals surface area contributed by atoms with Crippen LogP contribution in [0.15, 0.2) is 0 Å². The van der Waals surface area contributed by atoms with Gasteiger partial charge in [0.1, 0.15) is 0 Å². The van der Waals surface area contributed by atoms with E-state index in [1.54, 1.807) is 0 Å². The summed E-state index contributed by atoms with van der Waals surface area (Å²) in [5.41, 5.74) is 0. The van der Waals surface area contributed by atoms with Crippen molar-refractivity contribution in [2.75, 3.05) is 0 Å². The van der Waals surface area contributed by atoms with E-state index in [9.17, 15) is 0 Å². The summed E-state index contributed by atoms with van der Waals surface area (Å²) in [5.74, 6) is 0. The fourth-order valence-corrected chi connectivity index (χ4v) is 0. The summed E-state index contributed by atoms with van der Waals surface area (Å²) < 4.78 is 0. The van der Waals surface area contributed by atoms with Crippen molar-refractivity contribution >= 4 is 0 Å². The first-order chi connectivity index (χ1) is 0. The fourth-order valence-electron chi connectivity index (χ4n) is 0. The van der Waals surface area contributed by atoms with Crippen molar-refractivity contribution in [2.24, 2.45) is 0 Å². The molecule has 12 nitrogen and oxygen atoms in total. The molecule has 0 aliphatic carbocycles. The summed E-state index contributed by atoms with van der Waals surface area (Å²) >= 11 is 0. The molecule has 19 heavy (non-hydrogen) atoms. The molecule has 0 saturated heterocycles. The molecule has 0 unspecified atom stereocenters. The SMILES string of the molecule is O.O.O.O.O.O.O.O.O.O.O.O.[Zr].[Zr].[Zr].[Zr].[Zr].[Zr].[Zr]. The van der Waals surface area contributed by atoms with Gasteiger partial charge in [-0.3, -0.25) is 0 Å². The van der Waals surface area contributed by atoms with Crippen LogP contribution in [-0.4, -0.2) is 65.7 Å². The third-order valence-electron chi connectivity index (χ3n) is 0. The van der Waals surface area contributed by atoms with Gasteiger partial charge in [0.25, 0.3) is 0 Å². The normalized spacial score (nSPS) is 0. The van der Waals surface area contributed by atoms with Crippen molar-refractivity contribution in [1.29, 1.82) is 0 Å². The summed E-state index contributed by atoms with van der Waals surface area (Å²) in [4.78, 5) is 0. The first kappa shape index (κ1) is 427. The number of hydrogen-bond acceptors (Lipinski definition) is 0. The van der Waals surface area contributed by atoms with Gasteiger partial charge >= 0.3 is 0 Å². The van der Waals surface area contributed by atoms with Crippen LogP contribution in [0, 0.1) is 0 Å². The van der Waals surface area contributed by atoms with E-state index in [4.69, 9.17) is 0 Å². The van der Waals surface area contributed by atoms with Gasteiger partial charge in [-0.05, 0) is 0 Å². The van der Waals surface area contributed by atoms with Gasteiger partial charge in [-0.25, -0.2) is 0 Å². The maximum atomic E-state index is 0. The molecule has 0 amide bonds. The standard InChI is InChI=1S/12H2O.7Zr/h12*1H2;;;;;;;. The van der Waals surface area contributed by atoms with Gasteiger partial charge in [-0.15, -0.1) is 0 Å². The van der Waals surface area contributed by atoms with Crippen LogP contribution in [0.5, 0.6) is 0 Å². The van der Waals surface area contributed by atoms with Crippen LogP contribution in [-0.2, 0) is 183 Å². The average Bonchev–Trinajstić information content (AvgIpc) is 0. The predicted molar refractivity (Wildman–Crippen MR) is 43.4 cm³/mol. The van der Waals surface area contributed by atoms with Gasteiger partial charge in [0.15, 0.2) is 0 Å². The quantitative estimate of drug-likeness (QED) is 0.219. The zero-order chi connectivity index (χ0) is 0. The van der Waals surface area contributed by atoms with E-state index in [1.807, 2.05) is 0 Å². The Hall–Kier alpha value is 5.70. The van der Waals surface area contributed by atoms with Gasteiger partial charge in [-0.2, -0.15) is 0 Å². The molecule has 0 atom stereocenters. The van der Waals surface area contributed by atoms with E-state index >= 15 is 0 Å².